The van der Waals surface area contributed by atoms with Gasteiger partial charge in [-0.1, -0.05) is 51.1 Å². The normalized spacial score (nSPS) is 18.1. The van der Waals surface area contributed by atoms with Crippen LogP contribution in [-0.4, -0.2) is 29.6 Å². The molecular formula is C24H28FN3O2. The summed E-state index contributed by atoms with van der Waals surface area (Å²) in [5.41, 5.74) is 6.59. The minimum atomic E-state index is -0.409. The molecule has 1 saturated heterocycles. The van der Waals surface area contributed by atoms with Gasteiger partial charge < -0.3 is 10.2 Å². The minimum absolute atomic E-state index is 0.118. The highest BCUT2D eigenvalue weighted by Crippen LogP contribution is 2.35. The van der Waals surface area contributed by atoms with E-state index in [1.807, 2.05) is 0 Å². The second-order valence-electron chi connectivity index (χ2n) is 9.08. The van der Waals surface area contributed by atoms with Crippen LogP contribution in [0.3, 0.4) is 0 Å². The Kier molecular flexibility index (Phi) is 5.28. The molecule has 2 aliphatic rings. The predicted molar refractivity (Wildman–Crippen MR) is 116 cm³/mol. The van der Waals surface area contributed by atoms with Gasteiger partial charge in [0.25, 0.3) is 0 Å². The first kappa shape index (κ1) is 20.4. The number of carbonyl (C=O) groups is 1. The van der Waals surface area contributed by atoms with Gasteiger partial charge >= 0.3 is 6.03 Å². The van der Waals surface area contributed by atoms with Crippen LogP contribution in [0.5, 0.6) is 0 Å². The number of halogens is 1. The molecule has 4 rings (SSSR count). The van der Waals surface area contributed by atoms with Crippen LogP contribution in [0.4, 0.5) is 14.9 Å². The zero-order valence-corrected chi connectivity index (χ0v) is 17.7. The van der Waals surface area contributed by atoms with Crippen LogP contribution in [-0.2, 0) is 10.3 Å². The van der Waals surface area contributed by atoms with Crippen LogP contribution < -0.4 is 10.8 Å². The largest absolute Gasteiger partial charge is 0.324 e. The molecule has 2 N–H and O–H groups in total. The van der Waals surface area contributed by atoms with Crippen LogP contribution in [0, 0.1) is 5.82 Å². The highest BCUT2D eigenvalue weighted by molar-refractivity contribution is 5.89. The molecule has 2 amide bonds. The summed E-state index contributed by atoms with van der Waals surface area (Å²) >= 11 is 0. The first-order valence-electron chi connectivity index (χ1n) is 10.3. The number of hydrogen-bond acceptors (Lipinski definition) is 3. The molecule has 5 nitrogen and oxygen atoms in total. The van der Waals surface area contributed by atoms with Gasteiger partial charge in [-0.3, -0.25) is 10.3 Å². The van der Waals surface area contributed by atoms with Crippen molar-refractivity contribution in [1.29, 1.82) is 0 Å². The molecule has 0 radical (unpaired) electrons. The third-order valence-electron chi connectivity index (χ3n) is 5.81. The molecule has 0 saturated carbocycles. The molecule has 1 spiro atoms. The summed E-state index contributed by atoms with van der Waals surface area (Å²) in [5.74, 6) is -0.371. The zero-order valence-electron chi connectivity index (χ0n) is 17.7. The third-order valence-corrected chi connectivity index (χ3v) is 5.81. The molecule has 158 valence electrons. The van der Waals surface area contributed by atoms with E-state index in [9.17, 15) is 9.18 Å². The molecule has 1 fully saturated rings. The number of benzene rings is 2. The van der Waals surface area contributed by atoms with Crippen molar-refractivity contribution >= 4 is 17.4 Å². The van der Waals surface area contributed by atoms with Gasteiger partial charge in [0, 0.05) is 31.6 Å². The van der Waals surface area contributed by atoms with Crippen LogP contribution in [0.25, 0.3) is 5.70 Å². The van der Waals surface area contributed by atoms with E-state index in [2.05, 4.69) is 61.9 Å². The number of anilines is 1. The smallest absolute Gasteiger partial charge is 0.321 e. The number of piperidine rings is 1. The molecule has 0 aromatic heterocycles. The summed E-state index contributed by atoms with van der Waals surface area (Å²) in [6.45, 7) is 7.73. The van der Waals surface area contributed by atoms with Gasteiger partial charge in [-0.05, 0) is 40.8 Å². The van der Waals surface area contributed by atoms with Crippen molar-refractivity contribution in [1.82, 2.24) is 10.4 Å². The topological polar surface area (TPSA) is 53.6 Å². The van der Waals surface area contributed by atoms with E-state index < -0.39 is 5.60 Å². The lowest BCUT2D eigenvalue weighted by molar-refractivity contribution is -0.0634. The lowest BCUT2D eigenvalue weighted by atomic mass is 9.86. The number of nitrogens with one attached hydrogen (secondary N) is 2. The minimum Gasteiger partial charge on any atom is -0.324 e. The fourth-order valence-electron chi connectivity index (χ4n) is 3.87. The van der Waals surface area contributed by atoms with Gasteiger partial charge in [0.15, 0.2) is 0 Å². The van der Waals surface area contributed by atoms with E-state index >= 15 is 0 Å². The Balaban J connectivity index is 1.38. The van der Waals surface area contributed by atoms with Crippen LogP contribution >= 0.6 is 0 Å². The molecule has 2 aromatic rings. The molecule has 6 heteroatoms. The SMILES string of the molecule is CC(C)(C)c1ccc(C2=CC3(CCN(C(=O)Nc4cccc(F)c4)CC3)ON2)cc1. The molecule has 0 bridgehead atoms. The number of hydroxylamine groups is 1. The average Bonchev–Trinajstić information content (AvgIpc) is 3.11. The number of carbonyl (C=O) groups excluding carboxylic acids is 1. The zero-order chi connectivity index (χ0) is 21.4. The summed E-state index contributed by atoms with van der Waals surface area (Å²) in [6.07, 6.45) is 3.53. The Morgan fingerprint density at radius 3 is 2.47 bits per heavy atom. The van der Waals surface area contributed by atoms with E-state index in [1.54, 1.807) is 17.0 Å². The van der Waals surface area contributed by atoms with E-state index in [0.717, 1.165) is 11.3 Å². The number of nitrogens with zero attached hydrogens (tertiary/aromatic N) is 1. The highest BCUT2D eigenvalue weighted by Gasteiger charge is 2.40. The monoisotopic (exact) mass is 409 g/mol. The van der Waals surface area contributed by atoms with Crippen LogP contribution in [0.15, 0.2) is 54.6 Å². The number of urea groups is 1. The second-order valence-corrected chi connectivity index (χ2v) is 9.08. The highest BCUT2D eigenvalue weighted by atomic mass is 19.1. The van der Waals surface area contributed by atoms with E-state index in [1.165, 1.54) is 17.7 Å². The predicted octanol–water partition coefficient (Wildman–Crippen LogP) is 5.07. The Labute approximate surface area is 176 Å². The van der Waals surface area contributed by atoms with Crippen LogP contribution in [0.1, 0.15) is 44.7 Å². The molecule has 2 aromatic carbocycles. The summed E-state index contributed by atoms with van der Waals surface area (Å²) in [7, 11) is 0. The van der Waals surface area contributed by atoms with Gasteiger partial charge in [-0.25, -0.2) is 9.18 Å². The van der Waals surface area contributed by atoms with E-state index in [4.69, 9.17) is 4.84 Å². The van der Waals surface area contributed by atoms with Crippen molar-refractivity contribution in [2.75, 3.05) is 18.4 Å². The summed E-state index contributed by atoms with van der Waals surface area (Å²) in [5, 5.41) is 2.76. The third kappa shape index (κ3) is 4.33. The lowest BCUT2D eigenvalue weighted by Gasteiger charge is -2.36. The first-order chi connectivity index (χ1) is 14.2. The maximum Gasteiger partial charge on any atom is 0.321 e. The Bertz CT molecular complexity index is 955. The average molecular weight is 410 g/mol. The quantitative estimate of drug-likeness (QED) is 0.729. The van der Waals surface area contributed by atoms with Gasteiger partial charge in [0.2, 0.25) is 0 Å². The molecule has 2 aliphatic heterocycles. The fraction of sp³-hybridized carbons (Fsp3) is 0.375. The standard InChI is InChI=1S/C24H28FN3O2/c1-23(2,3)18-9-7-17(8-10-18)21-16-24(30-27-21)11-13-28(14-12-24)22(29)26-20-6-4-5-19(25)15-20/h4-10,15-16,27H,11-14H2,1-3H3,(H,26,29). The van der Waals surface area contributed by atoms with E-state index in [0.29, 0.717) is 31.6 Å². The first-order valence-corrected chi connectivity index (χ1v) is 10.3. The van der Waals surface area contributed by atoms with Gasteiger partial charge in [0.1, 0.15) is 11.4 Å². The fourth-order valence-corrected chi connectivity index (χ4v) is 3.87. The molecule has 0 unspecified atom stereocenters. The van der Waals surface area contributed by atoms with Crippen molar-refractivity contribution in [2.24, 2.45) is 0 Å². The Hall–Kier alpha value is -2.86. The number of rotatable bonds is 2. The molecular weight excluding hydrogens is 381 g/mol. The number of likely N-dealkylation sites (tertiary alicyclic amines) is 1. The van der Waals surface area contributed by atoms with Gasteiger partial charge in [-0.2, -0.15) is 0 Å². The van der Waals surface area contributed by atoms with Crippen LogP contribution in [0.2, 0.25) is 0 Å². The lowest BCUT2D eigenvalue weighted by Crippen LogP contribution is -2.48. The Morgan fingerprint density at radius 1 is 1.13 bits per heavy atom. The molecule has 2 heterocycles. The maximum atomic E-state index is 13.3. The van der Waals surface area contributed by atoms with Gasteiger partial charge in [0.05, 0.1) is 5.70 Å². The van der Waals surface area contributed by atoms with Gasteiger partial charge in [-0.15, -0.1) is 0 Å². The van der Waals surface area contributed by atoms with Crippen molar-refractivity contribution in [3.63, 3.8) is 0 Å². The molecule has 0 atom stereocenters. The number of amides is 2. The summed E-state index contributed by atoms with van der Waals surface area (Å²) in [6, 6.07) is 14.2. The van der Waals surface area contributed by atoms with E-state index in [-0.39, 0.29) is 17.3 Å². The Morgan fingerprint density at radius 2 is 1.83 bits per heavy atom. The second kappa shape index (κ2) is 7.76. The van der Waals surface area contributed by atoms with Crippen molar-refractivity contribution in [2.45, 2.75) is 44.6 Å². The van der Waals surface area contributed by atoms with Crippen molar-refractivity contribution in [3.8, 4) is 0 Å². The molecule has 30 heavy (non-hydrogen) atoms. The van der Waals surface area contributed by atoms with Crippen molar-refractivity contribution in [3.05, 3.63) is 71.6 Å². The number of hydrogen-bond donors (Lipinski definition) is 2. The van der Waals surface area contributed by atoms with Crippen molar-refractivity contribution < 1.29 is 14.0 Å². The summed E-state index contributed by atoms with van der Waals surface area (Å²) < 4.78 is 13.3. The summed E-state index contributed by atoms with van der Waals surface area (Å²) in [4.78, 5) is 20.2. The maximum absolute atomic E-state index is 13.3. The molecule has 0 aliphatic carbocycles.